The van der Waals surface area contributed by atoms with Crippen LogP contribution in [0.3, 0.4) is 0 Å². The van der Waals surface area contributed by atoms with Gasteiger partial charge in [-0.25, -0.2) is 4.98 Å². The van der Waals surface area contributed by atoms with E-state index in [9.17, 15) is 0 Å². The Morgan fingerprint density at radius 2 is 1.90 bits per heavy atom. The molecule has 2 aromatic heterocycles. The molecule has 0 unspecified atom stereocenters. The Balaban J connectivity index is 2.10. The smallest absolute Gasteiger partial charge is 0.143 e. The van der Waals surface area contributed by atoms with Crippen molar-refractivity contribution < 1.29 is 0 Å². The highest BCUT2D eigenvalue weighted by Gasteiger charge is 2.13. The van der Waals surface area contributed by atoms with Crippen LogP contribution in [0.5, 0.6) is 0 Å². The molecule has 3 rings (SSSR count). The third kappa shape index (κ3) is 2.53. The number of hydrogen-bond donors (Lipinski definition) is 0. The maximum atomic E-state index is 4.79. The first-order chi connectivity index (χ1) is 9.65. The Kier molecular flexibility index (Phi) is 3.68. The lowest BCUT2D eigenvalue weighted by molar-refractivity contribution is 1.24. The molecule has 0 aliphatic rings. The van der Waals surface area contributed by atoms with Gasteiger partial charge in [0.1, 0.15) is 10.7 Å². The summed E-state index contributed by atoms with van der Waals surface area (Å²) in [6.45, 7) is 4.17. The number of rotatable bonds is 2. The quantitative estimate of drug-likeness (QED) is 0.634. The number of aryl methyl sites for hydroxylation is 2. The van der Waals surface area contributed by atoms with Crippen molar-refractivity contribution in [3.05, 3.63) is 57.5 Å². The molecule has 0 spiro atoms. The molecule has 0 saturated heterocycles. The summed E-state index contributed by atoms with van der Waals surface area (Å²) < 4.78 is 1.07. The molecule has 3 aromatic rings. The molecule has 100 valence electrons. The zero-order valence-electron chi connectivity index (χ0n) is 11.2. The van der Waals surface area contributed by atoms with Gasteiger partial charge in [0.15, 0.2) is 0 Å². The van der Waals surface area contributed by atoms with Crippen LogP contribution in [0.2, 0.25) is 0 Å². The largest absolute Gasteiger partial charge is 0.253 e. The number of aromatic nitrogens is 2. The Morgan fingerprint density at radius 1 is 1.05 bits per heavy atom. The molecular formula is C16H13BrN2S. The van der Waals surface area contributed by atoms with Crippen LogP contribution in [0.1, 0.15) is 10.4 Å². The lowest BCUT2D eigenvalue weighted by Gasteiger charge is -2.00. The Bertz CT molecular complexity index is 765. The van der Waals surface area contributed by atoms with Crippen molar-refractivity contribution in [1.29, 1.82) is 0 Å². The predicted molar refractivity (Wildman–Crippen MR) is 88.0 cm³/mol. The number of halogens is 1. The zero-order valence-corrected chi connectivity index (χ0v) is 13.6. The summed E-state index contributed by atoms with van der Waals surface area (Å²) in [5.41, 5.74) is 4.30. The number of thiazole rings is 1. The Morgan fingerprint density at radius 3 is 2.65 bits per heavy atom. The first-order valence-electron chi connectivity index (χ1n) is 6.30. The highest BCUT2D eigenvalue weighted by molar-refractivity contribution is 9.10. The van der Waals surface area contributed by atoms with Gasteiger partial charge in [0.25, 0.3) is 0 Å². The fraction of sp³-hybridized carbons (Fsp3) is 0.125. The van der Waals surface area contributed by atoms with Crippen LogP contribution in [-0.2, 0) is 0 Å². The van der Waals surface area contributed by atoms with Crippen molar-refractivity contribution in [2.24, 2.45) is 0 Å². The van der Waals surface area contributed by atoms with Crippen LogP contribution in [0.4, 0.5) is 0 Å². The average molecular weight is 345 g/mol. The number of hydrogen-bond acceptors (Lipinski definition) is 3. The lowest BCUT2D eigenvalue weighted by atomic mass is 10.1. The summed E-state index contributed by atoms with van der Waals surface area (Å²) in [6.07, 6.45) is 1.82. The highest BCUT2D eigenvalue weighted by atomic mass is 79.9. The molecule has 4 heteroatoms. The van der Waals surface area contributed by atoms with E-state index in [0.717, 1.165) is 32.0 Å². The summed E-state index contributed by atoms with van der Waals surface area (Å²) in [6, 6.07) is 12.3. The molecule has 2 nitrogen and oxygen atoms in total. The second kappa shape index (κ2) is 5.46. The van der Waals surface area contributed by atoms with Crippen molar-refractivity contribution in [1.82, 2.24) is 9.97 Å². The predicted octanol–water partition coefficient (Wildman–Crippen LogP) is 5.25. The van der Waals surface area contributed by atoms with Crippen LogP contribution in [0.25, 0.3) is 22.0 Å². The van der Waals surface area contributed by atoms with Gasteiger partial charge < -0.3 is 0 Å². The van der Waals surface area contributed by atoms with Gasteiger partial charge in [0, 0.05) is 21.1 Å². The van der Waals surface area contributed by atoms with Crippen LogP contribution < -0.4 is 0 Å². The molecule has 0 aliphatic heterocycles. The molecular weight excluding hydrogens is 332 g/mol. The topological polar surface area (TPSA) is 25.8 Å². The average Bonchev–Trinajstić information content (AvgIpc) is 2.81. The molecule has 20 heavy (non-hydrogen) atoms. The van der Waals surface area contributed by atoms with E-state index in [1.165, 1.54) is 4.88 Å². The SMILES string of the molecule is Cc1cccnc1-c1nc(-c2cccc(Br)c2)c(C)s1. The van der Waals surface area contributed by atoms with E-state index in [1.807, 2.05) is 24.4 Å². The van der Waals surface area contributed by atoms with E-state index in [-0.39, 0.29) is 0 Å². The molecule has 1 aromatic carbocycles. The molecule has 0 radical (unpaired) electrons. The second-order valence-electron chi connectivity index (χ2n) is 4.60. The van der Waals surface area contributed by atoms with Crippen LogP contribution in [-0.4, -0.2) is 9.97 Å². The van der Waals surface area contributed by atoms with E-state index < -0.39 is 0 Å². The standard InChI is InChI=1S/C16H13BrN2S/c1-10-5-4-8-18-14(10)16-19-15(11(2)20-16)12-6-3-7-13(17)9-12/h3-9H,1-2H3. The van der Waals surface area contributed by atoms with Crippen molar-refractivity contribution in [2.75, 3.05) is 0 Å². The summed E-state index contributed by atoms with van der Waals surface area (Å²) in [5.74, 6) is 0. The van der Waals surface area contributed by atoms with Crippen LogP contribution in [0, 0.1) is 13.8 Å². The van der Waals surface area contributed by atoms with E-state index in [0.29, 0.717) is 0 Å². The van der Waals surface area contributed by atoms with E-state index in [1.54, 1.807) is 11.3 Å². The summed E-state index contributed by atoms with van der Waals surface area (Å²) in [4.78, 5) is 10.5. The minimum atomic E-state index is 0.974. The van der Waals surface area contributed by atoms with Crippen molar-refractivity contribution >= 4 is 27.3 Å². The highest BCUT2D eigenvalue weighted by Crippen LogP contribution is 2.34. The van der Waals surface area contributed by atoms with Gasteiger partial charge in [-0.15, -0.1) is 11.3 Å². The minimum absolute atomic E-state index is 0.974. The molecule has 0 saturated carbocycles. The first-order valence-corrected chi connectivity index (χ1v) is 7.91. The van der Waals surface area contributed by atoms with Crippen LogP contribution >= 0.6 is 27.3 Å². The molecule has 0 amide bonds. The van der Waals surface area contributed by atoms with Crippen molar-refractivity contribution in [3.8, 4) is 22.0 Å². The monoisotopic (exact) mass is 344 g/mol. The Labute approximate surface area is 130 Å². The third-order valence-electron chi connectivity index (χ3n) is 3.11. The van der Waals surface area contributed by atoms with Gasteiger partial charge in [-0.05, 0) is 37.6 Å². The van der Waals surface area contributed by atoms with Gasteiger partial charge in [-0.3, -0.25) is 4.98 Å². The molecule has 0 N–H and O–H groups in total. The fourth-order valence-electron chi connectivity index (χ4n) is 2.11. The number of benzene rings is 1. The molecule has 0 aliphatic carbocycles. The third-order valence-corrected chi connectivity index (χ3v) is 4.58. The second-order valence-corrected chi connectivity index (χ2v) is 6.72. The molecule has 0 bridgehead atoms. The van der Waals surface area contributed by atoms with Gasteiger partial charge in [0.05, 0.1) is 5.69 Å². The zero-order chi connectivity index (χ0) is 14.1. The summed E-state index contributed by atoms with van der Waals surface area (Å²) in [7, 11) is 0. The van der Waals surface area contributed by atoms with E-state index >= 15 is 0 Å². The molecule has 2 heterocycles. The number of pyridine rings is 1. The lowest BCUT2D eigenvalue weighted by Crippen LogP contribution is -1.86. The van der Waals surface area contributed by atoms with Crippen LogP contribution in [0.15, 0.2) is 47.1 Å². The maximum Gasteiger partial charge on any atom is 0.143 e. The summed E-state index contributed by atoms with van der Waals surface area (Å²) >= 11 is 5.20. The van der Waals surface area contributed by atoms with Gasteiger partial charge in [-0.1, -0.05) is 34.1 Å². The fourth-order valence-corrected chi connectivity index (χ4v) is 3.51. The van der Waals surface area contributed by atoms with Gasteiger partial charge in [-0.2, -0.15) is 0 Å². The molecule has 0 fully saturated rings. The van der Waals surface area contributed by atoms with Crippen molar-refractivity contribution in [3.63, 3.8) is 0 Å². The van der Waals surface area contributed by atoms with E-state index in [4.69, 9.17) is 4.98 Å². The minimum Gasteiger partial charge on any atom is -0.253 e. The summed E-state index contributed by atoms with van der Waals surface area (Å²) in [5, 5.41) is 0.982. The van der Waals surface area contributed by atoms with Gasteiger partial charge in [0.2, 0.25) is 0 Å². The van der Waals surface area contributed by atoms with Crippen molar-refractivity contribution in [2.45, 2.75) is 13.8 Å². The normalized spacial score (nSPS) is 10.8. The van der Waals surface area contributed by atoms with E-state index in [2.05, 4.69) is 53.0 Å². The number of nitrogens with zero attached hydrogens (tertiary/aromatic N) is 2. The maximum absolute atomic E-state index is 4.79. The molecule has 0 atom stereocenters. The first kappa shape index (κ1) is 13.5. The Hall–Kier alpha value is -1.52. The van der Waals surface area contributed by atoms with Gasteiger partial charge >= 0.3 is 0 Å².